The monoisotopic (exact) mass is 374 g/mol. The fraction of sp³-hybridized carbons (Fsp3) is 0.500. The molecule has 1 amide bonds. The van der Waals surface area contributed by atoms with Crippen molar-refractivity contribution in [3.8, 4) is 0 Å². The van der Waals surface area contributed by atoms with Crippen LogP contribution in [-0.2, 0) is 24.3 Å². The van der Waals surface area contributed by atoms with E-state index in [-0.39, 0.29) is 10.9 Å². The van der Waals surface area contributed by atoms with E-state index in [0.717, 1.165) is 41.4 Å². The molecule has 0 aromatic heterocycles. The van der Waals surface area contributed by atoms with Crippen LogP contribution in [0.5, 0.6) is 0 Å². The first-order chi connectivity index (χ1) is 11.7. The van der Waals surface area contributed by atoms with E-state index in [1.807, 2.05) is 13.8 Å². The molecule has 140 valence electrons. The molecule has 9 heteroatoms. The minimum atomic E-state index is -3.95. The molecule has 0 unspecified atom stereocenters. The van der Waals surface area contributed by atoms with Gasteiger partial charge in [-0.25, -0.2) is 12.8 Å². The van der Waals surface area contributed by atoms with Gasteiger partial charge in [0.25, 0.3) is 5.91 Å². The Bertz CT molecular complexity index is 691. The maximum absolute atomic E-state index is 12.9. The van der Waals surface area contributed by atoms with Gasteiger partial charge in [0.05, 0.1) is 4.90 Å². The van der Waals surface area contributed by atoms with Crippen LogP contribution in [0.2, 0.25) is 0 Å². The predicted molar refractivity (Wildman–Crippen MR) is 89.7 cm³/mol. The molecule has 1 rings (SSSR count). The summed E-state index contributed by atoms with van der Waals surface area (Å²) in [5.74, 6) is -1.87. The summed E-state index contributed by atoms with van der Waals surface area (Å²) in [6, 6.07) is 4.21. The van der Waals surface area contributed by atoms with E-state index in [9.17, 15) is 22.4 Å². The van der Waals surface area contributed by atoms with Gasteiger partial charge in [-0.1, -0.05) is 13.3 Å². The number of nitrogens with one attached hydrogen (secondary N) is 1. The molecule has 0 radical (unpaired) electrons. The zero-order valence-electron chi connectivity index (χ0n) is 14.5. The number of hydrogen-bond acceptors (Lipinski definition) is 5. The molecule has 0 aliphatic rings. The highest BCUT2D eigenvalue weighted by molar-refractivity contribution is 7.89. The Hall–Kier alpha value is -2.00. The van der Waals surface area contributed by atoms with Crippen molar-refractivity contribution in [2.45, 2.75) is 37.6 Å². The van der Waals surface area contributed by atoms with Crippen LogP contribution in [-0.4, -0.2) is 50.8 Å². The molecule has 0 bridgehead atoms. The smallest absolute Gasteiger partial charge is 0.321 e. The van der Waals surface area contributed by atoms with Crippen molar-refractivity contribution in [2.75, 3.05) is 20.2 Å². The van der Waals surface area contributed by atoms with Gasteiger partial charge in [0, 0.05) is 13.1 Å². The summed E-state index contributed by atoms with van der Waals surface area (Å²) in [6.07, 6.45) is 1.71. The van der Waals surface area contributed by atoms with Gasteiger partial charge >= 0.3 is 5.97 Å². The molecular formula is C16H23FN2O5S. The molecule has 25 heavy (non-hydrogen) atoms. The van der Waals surface area contributed by atoms with Crippen molar-refractivity contribution in [3.63, 3.8) is 0 Å². The highest BCUT2D eigenvalue weighted by Gasteiger charge is 2.24. The molecular weight excluding hydrogens is 351 g/mol. The van der Waals surface area contributed by atoms with Crippen molar-refractivity contribution in [3.05, 3.63) is 30.1 Å². The first kappa shape index (κ1) is 21.0. The zero-order valence-corrected chi connectivity index (χ0v) is 15.3. The fourth-order valence-corrected chi connectivity index (χ4v) is 3.18. The van der Waals surface area contributed by atoms with Crippen LogP contribution in [0.15, 0.2) is 29.2 Å². The van der Waals surface area contributed by atoms with Crippen LogP contribution >= 0.6 is 0 Å². The minimum absolute atomic E-state index is 0.0299. The van der Waals surface area contributed by atoms with Gasteiger partial charge in [-0.2, -0.15) is 4.31 Å². The Morgan fingerprint density at radius 3 is 2.44 bits per heavy atom. The van der Waals surface area contributed by atoms with Crippen LogP contribution < -0.4 is 5.32 Å². The number of sulfonamides is 1. The summed E-state index contributed by atoms with van der Waals surface area (Å²) in [6.45, 7) is 2.79. The molecule has 0 aliphatic carbocycles. The fourth-order valence-electron chi connectivity index (χ4n) is 2.07. The maximum Gasteiger partial charge on any atom is 0.321 e. The first-order valence-corrected chi connectivity index (χ1v) is 9.27. The van der Waals surface area contributed by atoms with Crippen LogP contribution in [0.4, 0.5) is 4.39 Å². The number of likely N-dealkylation sites (N-methyl/N-ethyl adjacent to an activating group) is 1. The SMILES string of the molecule is CCC[C@@H](C)NC(=O)COC(=O)CN(C)S(=O)(=O)c1ccc(F)cc1. The molecule has 0 aliphatic heterocycles. The summed E-state index contributed by atoms with van der Waals surface area (Å²) in [5.41, 5.74) is 0. The standard InChI is InChI=1S/C16H23FN2O5S/c1-4-5-12(2)18-15(20)11-24-16(21)10-19(3)25(22,23)14-8-6-13(17)7-9-14/h6-9,12H,4-5,10-11H2,1-3H3,(H,18,20)/t12-/m1/s1. The van der Waals surface area contributed by atoms with Crippen LogP contribution in [0.1, 0.15) is 26.7 Å². The number of carbonyl (C=O) groups is 2. The van der Waals surface area contributed by atoms with Crippen molar-refractivity contribution < 1.29 is 27.1 Å². The normalized spacial score (nSPS) is 12.7. The molecule has 0 saturated heterocycles. The lowest BCUT2D eigenvalue weighted by molar-refractivity contribution is -0.148. The molecule has 0 fully saturated rings. The molecule has 1 atom stereocenters. The number of amides is 1. The number of esters is 1. The Labute approximate surface area is 147 Å². The molecule has 1 aromatic carbocycles. The molecule has 0 spiro atoms. The van der Waals surface area contributed by atoms with Gasteiger partial charge < -0.3 is 10.1 Å². The number of benzene rings is 1. The van der Waals surface area contributed by atoms with E-state index in [1.54, 1.807) is 0 Å². The number of halogens is 1. The average Bonchev–Trinajstić information content (AvgIpc) is 2.53. The second-order valence-electron chi connectivity index (χ2n) is 5.63. The molecule has 1 aromatic rings. The lowest BCUT2D eigenvalue weighted by Crippen LogP contribution is -2.38. The third-order valence-corrected chi connectivity index (χ3v) is 5.18. The lowest BCUT2D eigenvalue weighted by Gasteiger charge is -2.17. The minimum Gasteiger partial charge on any atom is -0.455 e. The Morgan fingerprint density at radius 2 is 1.88 bits per heavy atom. The summed E-state index contributed by atoms with van der Waals surface area (Å²) >= 11 is 0. The van der Waals surface area contributed by atoms with Gasteiger partial charge in [0.1, 0.15) is 12.4 Å². The highest BCUT2D eigenvalue weighted by atomic mass is 32.2. The number of rotatable bonds is 9. The third kappa shape index (κ3) is 6.79. The number of ether oxygens (including phenoxy) is 1. The zero-order chi connectivity index (χ0) is 19.0. The Balaban J connectivity index is 2.53. The largest absolute Gasteiger partial charge is 0.455 e. The van der Waals surface area contributed by atoms with Crippen LogP contribution in [0.25, 0.3) is 0 Å². The van der Waals surface area contributed by atoms with Gasteiger partial charge in [-0.05, 0) is 37.6 Å². The van der Waals surface area contributed by atoms with Gasteiger partial charge in [-0.15, -0.1) is 0 Å². The molecule has 0 heterocycles. The number of carbonyl (C=O) groups excluding carboxylic acids is 2. The molecule has 1 N–H and O–H groups in total. The second kappa shape index (κ2) is 9.47. The maximum atomic E-state index is 12.9. The van der Waals surface area contributed by atoms with Crippen LogP contribution in [0.3, 0.4) is 0 Å². The van der Waals surface area contributed by atoms with Crippen LogP contribution in [0, 0.1) is 5.82 Å². The first-order valence-electron chi connectivity index (χ1n) is 7.83. The quantitative estimate of drug-likeness (QED) is 0.658. The van der Waals surface area contributed by atoms with Crippen molar-refractivity contribution in [2.24, 2.45) is 0 Å². The Morgan fingerprint density at radius 1 is 1.28 bits per heavy atom. The predicted octanol–water partition coefficient (Wildman–Crippen LogP) is 1.29. The molecule has 0 saturated carbocycles. The average molecular weight is 374 g/mol. The summed E-state index contributed by atoms with van der Waals surface area (Å²) in [4.78, 5) is 23.2. The van der Waals surface area contributed by atoms with Crippen molar-refractivity contribution in [1.82, 2.24) is 9.62 Å². The van der Waals surface area contributed by atoms with E-state index in [4.69, 9.17) is 4.74 Å². The number of hydrogen-bond donors (Lipinski definition) is 1. The van der Waals surface area contributed by atoms with Crippen molar-refractivity contribution in [1.29, 1.82) is 0 Å². The number of nitrogens with zero attached hydrogens (tertiary/aromatic N) is 1. The second-order valence-corrected chi connectivity index (χ2v) is 7.68. The van der Waals surface area contributed by atoms with E-state index >= 15 is 0 Å². The third-order valence-electron chi connectivity index (χ3n) is 3.37. The Kier molecular flexibility index (Phi) is 7.98. The van der Waals surface area contributed by atoms with E-state index in [0.29, 0.717) is 0 Å². The van der Waals surface area contributed by atoms with Gasteiger partial charge in [0.2, 0.25) is 10.0 Å². The summed E-state index contributed by atoms with van der Waals surface area (Å²) in [7, 11) is -2.75. The van der Waals surface area contributed by atoms with Gasteiger partial charge in [-0.3, -0.25) is 9.59 Å². The van der Waals surface area contributed by atoms with E-state index in [1.165, 1.54) is 7.05 Å². The lowest BCUT2D eigenvalue weighted by atomic mass is 10.2. The molecule has 7 nitrogen and oxygen atoms in total. The van der Waals surface area contributed by atoms with E-state index < -0.39 is 40.9 Å². The topological polar surface area (TPSA) is 92.8 Å². The van der Waals surface area contributed by atoms with E-state index in [2.05, 4.69) is 5.32 Å². The highest BCUT2D eigenvalue weighted by Crippen LogP contribution is 2.14. The summed E-state index contributed by atoms with van der Waals surface area (Å²) in [5, 5.41) is 2.67. The van der Waals surface area contributed by atoms with Gasteiger partial charge in [0.15, 0.2) is 6.61 Å². The summed E-state index contributed by atoms with van der Waals surface area (Å²) < 4.78 is 42.9. The van der Waals surface area contributed by atoms with Crippen molar-refractivity contribution >= 4 is 21.9 Å².